The van der Waals surface area contributed by atoms with Gasteiger partial charge in [0.05, 0.1) is 17.2 Å². The molecule has 1 amide bonds. The first-order chi connectivity index (χ1) is 18.7. The molecule has 0 aliphatic heterocycles. The minimum Gasteiger partial charge on any atom is -0.393 e. The molecule has 8 atom stereocenters. The number of aliphatic hydroxyl groups is 1. The molecule has 0 radical (unpaired) electrons. The van der Waals surface area contributed by atoms with Crippen LogP contribution in [0.5, 0.6) is 0 Å². The average Bonchev–Trinajstić information content (AvgIpc) is 3.19. The lowest BCUT2D eigenvalue weighted by Crippen LogP contribution is -2.67. The summed E-state index contributed by atoms with van der Waals surface area (Å²) in [4.78, 5) is 31.5. The number of pyridine rings is 1. The second-order valence-corrected chi connectivity index (χ2v) is 15.9. The number of aromatic nitrogens is 1. The largest absolute Gasteiger partial charge is 0.393 e. The van der Waals surface area contributed by atoms with Crippen LogP contribution in [0.3, 0.4) is 0 Å². The van der Waals surface area contributed by atoms with E-state index in [1.54, 1.807) is 18.5 Å². The van der Waals surface area contributed by atoms with Gasteiger partial charge in [0.2, 0.25) is 0 Å². The van der Waals surface area contributed by atoms with Crippen LogP contribution in [-0.2, 0) is 4.79 Å². The molecular weight excluding hydrogens is 496 g/mol. The Morgan fingerprint density at radius 2 is 1.73 bits per heavy atom. The highest BCUT2D eigenvalue weighted by Crippen LogP contribution is 2.75. The minimum atomic E-state index is -0.588. The third-order valence-corrected chi connectivity index (χ3v) is 13.7. The maximum atomic E-state index is 13.7. The number of carbonyl (C=O) groups excluding carboxylic acids is 2. The number of nitrogens with one attached hydrogen (secondary N) is 1. The number of Topliss-reactive ketones (excluding diaryl/α,β-unsaturated/α-hetero) is 1. The van der Waals surface area contributed by atoms with Gasteiger partial charge in [-0.15, -0.1) is 0 Å². The van der Waals surface area contributed by atoms with Crippen molar-refractivity contribution in [2.45, 2.75) is 118 Å². The van der Waals surface area contributed by atoms with Crippen molar-refractivity contribution in [1.29, 1.82) is 0 Å². The quantitative estimate of drug-likeness (QED) is 0.432. The van der Waals surface area contributed by atoms with Crippen molar-refractivity contribution in [3.8, 4) is 0 Å². The second-order valence-electron chi connectivity index (χ2n) is 15.9. The topological polar surface area (TPSA) is 79.3 Å². The molecule has 0 unspecified atom stereocenters. The molecule has 4 saturated carbocycles. The highest BCUT2D eigenvalue weighted by Gasteiger charge is 2.70. The highest BCUT2D eigenvalue weighted by molar-refractivity contribution is 6.03. The van der Waals surface area contributed by atoms with Crippen molar-refractivity contribution in [3.63, 3.8) is 0 Å². The average molecular weight is 547 g/mol. The van der Waals surface area contributed by atoms with Crippen molar-refractivity contribution >= 4 is 11.7 Å². The molecule has 40 heavy (non-hydrogen) atoms. The lowest BCUT2D eigenvalue weighted by atomic mass is 9.33. The summed E-state index contributed by atoms with van der Waals surface area (Å²) in [5.41, 5.74) is 2.60. The first kappa shape index (κ1) is 28.1. The number of ketones is 1. The Morgan fingerprint density at radius 1 is 0.975 bits per heavy atom. The van der Waals surface area contributed by atoms with Gasteiger partial charge in [-0.1, -0.05) is 48.5 Å². The number of allylic oxidation sites excluding steroid dienone is 1. The number of rotatable bonds is 3. The maximum absolute atomic E-state index is 13.7. The van der Waals surface area contributed by atoms with Crippen molar-refractivity contribution in [1.82, 2.24) is 10.3 Å². The van der Waals surface area contributed by atoms with E-state index >= 15 is 0 Å². The molecule has 0 spiro atoms. The molecule has 5 heteroatoms. The first-order valence-electron chi connectivity index (χ1n) is 15.9. The molecule has 0 aromatic carbocycles. The molecule has 1 heterocycles. The number of nitrogens with zero attached hydrogens (tertiary/aromatic N) is 1. The molecule has 218 valence electrons. The normalized spacial score (nSPS) is 44.0. The van der Waals surface area contributed by atoms with E-state index in [0.717, 1.165) is 50.5 Å². The van der Waals surface area contributed by atoms with Crippen LogP contribution in [-0.4, -0.2) is 33.4 Å². The predicted octanol–water partition coefficient (Wildman–Crippen LogP) is 6.91. The van der Waals surface area contributed by atoms with Crippen LogP contribution in [0.4, 0.5) is 0 Å². The van der Waals surface area contributed by atoms with E-state index in [2.05, 4.69) is 58.8 Å². The molecule has 6 rings (SSSR count). The summed E-state index contributed by atoms with van der Waals surface area (Å²) in [5.74, 6) is 1.67. The molecule has 5 aliphatic rings. The predicted molar refractivity (Wildman–Crippen MR) is 157 cm³/mol. The Hall–Kier alpha value is -2.01. The summed E-state index contributed by atoms with van der Waals surface area (Å²) in [5, 5.41) is 14.4. The molecule has 0 saturated heterocycles. The molecule has 5 aliphatic carbocycles. The van der Waals surface area contributed by atoms with Gasteiger partial charge in [0.15, 0.2) is 5.78 Å². The van der Waals surface area contributed by atoms with Crippen molar-refractivity contribution in [3.05, 3.63) is 41.2 Å². The van der Waals surface area contributed by atoms with Gasteiger partial charge in [0.25, 0.3) is 5.91 Å². The Labute approximate surface area is 241 Å². The SMILES string of the molecule is CC(C)C1=C2[C@H]3CC[C@@H]4[C@@]5(C)CC[C@H](O)C(C)(C)[C@@H]5CC[C@@]4(C)[C@]3(C)CC[C@@]2(NC(=O)c2cccnc2)CC1=O. The zero-order chi connectivity index (χ0) is 28.9. The molecule has 2 N–H and O–H groups in total. The highest BCUT2D eigenvalue weighted by atomic mass is 16.3. The summed E-state index contributed by atoms with van der Waals surface area (Å²) in [6, 6.07) is 3.61. The third-order valence-electron chi connectivity index (χ3n) is 13.7. The van der Waals surface area contributed by atoms with Gasteiger partial charge in [-0.05, 0) is 120 Å². The molecule has 4 fully saturated rings. The Kier molecular flexibility index (Phi) is 6.32. The molecule has 1 aromatic rings. The van der Waals surface area contributed by atoms with Crippen LogP contribution < -0.4 is 5.32 Å². The van der Waals surface area contributed by atoms with Gasteiger partial charge in [-0.3, -0.25) is 14.6 Å². The summed E-state index contributed by atoms with van der Waals surface area (Å²) in [7, 11) is 0. The fourth-order valence-corrected chi connectivity index (χ4v) is 11.5. The zero-order valence-corrected chi connectivity index (χ0v) is 25.8. The fourth-order valence-electron chi connectivity index (χ4n) is 11.5. The van der Waals surface area contributed by atoms with Gasteiger partial charge in [0.1, 0.15) is 0 Å². The van der Waals surface area contributed by atoms with Crippen molar-refractivity contribution in [2.75, 3.05) is 0 Å². The summed E-state index contributed by atoms with van der Waals surface area (Å²) >= 11 is 0. The summed E-state index contributed by atoms with van der Waals surface area (Å²) < 4.78 is 0. The third kappa shape index (κ3) is 3.58. The molecule has 1 aromatic heterocycles. The molecule has 0 bridgehead atoms. The number of aliphatic hydroxyl groups excluding tert-OH is 1. The van der Waals surface area contributed by atoms with E-state index in [1.165, 1.54) is 12.0 Å². The monoisotopic (exact) mass is 546 g/mol. The van der Waals surface area contributed by atoms with E-state index in [9.17, 15) is 14.7 Å². The van der Waals surface area contributed by atoms with Crippen molar-refractivity contribution < 1.29 is 14.7 Å². The number of carbonyl (C=O) groups is 2. The number of hydrogen-bond donors (Lipinski definition) is 2. The first-order valence-corrected chi connectivity index (χ1v) is 15.9. The fraction of sp³-hybridized carbons (Fsp3) is 0.743. The van der Waals surface area contributed by atoms with Crippen LogP contribution in [0.15, 0.2) is 35.7 Å². The van der Waals surface area contributed by atoms with Gasteiger partial charge >= 0.3 is 0 Å². The Morgan fingerprint density at radius 3 is 2.40 bits per heavy atom. The van der Waals surface area contributed by atoms with Gasteiger partial charge in [-0.2, -0.15) is 0 Å². The van der Waals surface area contributed by atoms with Crippen LogP contribution >= 0.6 is 0 Å². The lowest BCUT2D eigenvalue weighted by Gasteiger charge is -2.72. The smallest absolute Gasteiger partial charge is 0.253 e. The van der Waals surface area contributed by atoms with E-state index in [1.807, 2.05) is 6.07 Å². The van der Waals surface area contributed by atoms with Gasteiger partial charge < -0.3 is 10.4 Å². The number of fused-ring (bicyclic) bond motifs is 7. The van der Waals surface area contributed by atoms with Crippen LogP contribution in [0.25, 0.3) is 0 Å². The maximum Gasteiger partial charge on any atom is 0.253 e. The molecular formula is C35H50N2O3. The van der Waals surface area contributed by atoms with Gasteiger partial charge in [-0.25, -0.2) is 0 Å². The molecule has 5 nitrogen and oxygen atoms in total. The summed E-state index contributed by atoms with van der Waals surface area (Å²) in [6.07, 6.45) is 11.9. The Balaban J connectivity index is 1.41. The van der Waals surface area contributed by atoms with Gasteiger partial charge in [0, 0.05) is 18.8 Å². The van der Waals surface area contributed by atoms with E-state index in [0.29, 0.717) is 29.7 Å². The lowest BCUT2D eigenvalue weighted by molar-refractivity contribution is -0.226. The number of hydrogen-bond acceptors (Lipinski definition) is 4. The summed E-state index contributed by atoms with van der Waals surface area (Å²) in [6.45, 7) is 16.6. The Bertz CT molecular complexity index is 1250. The van der Waals surface area contributed by atoms with Crippen molar-refractivity contribution in [2.24, 2.45) is 45.3 Å². The van der Waals surface area contributed by atoms with Crippen LogP contribution in [0.1, 0.15) is 117 Å². The van der Waals surface area contributed by atoms with E-state index in [4.69, 9.17) is 0 Å². The van der Waals surface area contributed by atoms with Crippen LogP contribution in [0, 0.1) is 45.3 Å². The number of amides is 1. The zero-order valence-electron chi connectivity index (χ0n) is 25.8. The second kappa shape index (κ2) is 8.99. The van der Waals surface area contributed by atoms with E-state index in [-0.39, 0.29) is 45.4 Å². The van der Waals surface area contributed by atoms with Crippen LogP contribution in [0.2, 0.25) is 0 Å². The standard InChI is InChI=1S/C35H50N2O3/c1-21(2)28-24(38)19-35(37-30(40)22-9-8-18-36-20-22)17-16-33(6)23(29(28)35)10-11-26-32(5)14-13-27(39)31(3,4)25(32)12-15-34(26,33)7/h8-9,18,20-21,23,25-27,39H,10-17,19H2,1-7H3,(H,37,40)/t23-,25+,26-,27+,32+,33-,34-,35-/m1/s1. The van der Waals surface area contributed by atoms with E-state index < -0.39 is 5.54 Å². The minimum absolute atomic E-state index is 0.0599.